The van der Waals surface area contributed by atoms with Gasteiger partial charge in [0, 0.05) is 0 Å². The van der Waals surface area contributed by atoms with E-state index in [1.807, 2.05) is 6.07 Å². The minimum Gasteiger partial charge on any atom is -0.397 e. The molecule has 0 bridgehead atoms. The third-order valence-electron chi connectivity index (χ3n) is 2.26. The SMILES string of the molecule is CCCCCc1ccc(N)c(N=O)c1. The average Bonchev–Trinajstić information content (AvgIpc) is 2.21. The van der Waals surface area contributed by atoms with Gasteiger partial charge in [0.15, 0.2) is 0 Å². The molecule has 0 fully saturated rings. The number of unbranched alkanes of at least 4 members (excludes halogenated alkanes) is 2. The lowest BCUT2D eigenvalue weighted by Gasteiger charge is -2.02. The van der Waals surface area contributed by atoms with Crippen LogP contribution in [0.4, 0.5) is 11.4 Å². The highest BCUT2D eigenvalue weighted by Gasteiger charge is 2.00. The Morgan fingerprint density at radius 3 is 2.79 bits per heavy atom. The molecule has 3 nitrogen and oxygen atoms in total. The molecule has 0 amide bonds. The molecule has 0 aliphatic heterocycles. The molecule has 0 unspecified atom stereocenters. The van der Waals surface area contributed by atoms with Crippen molar-refractivity contribution in [3.05, 3.63) is 28.7 Å². The van der Waals surface area contributed by atoms with Crippen molar-refractivity contribution in [1.82, 2.24) is 0 Å². The zero-order chi connectivity index (χ0) is 10.4. The lowest BCUT2D eigenvalue weighted by molar-refractivity contribution is 0.717. The topological polar surface area (TPSA) is 55.4 Å². The molecule has 0 radical (unpaired) electrons. The smallest absolute Gasteiger partial charge is 0.131 e. The Hall–Kier alpha value is -1.38. The first-order chi connectivity index (χ1) is 6.77. The van der Waals surface area contributed by atoms with Gasteiger partial charge >= 0.3 is 0 Å². The van der Waals surface area contributed by atoms with Gasteiger partial charge in [-0.05, 0) is 35.7 Å². The minimum absolute atomic E-state index is 0.360. The summed E-state index contributed by atoms with van der Waals surface area (Å²) in [5.74, 6) is 0. The fourth-order valence-electron chi connectivity index (χ4n) is 1.40. The van der Waals surface area contributed by atoms with Crippen LogP contribution in [0.15, 0.2) is 23.4 Å². The quantitative estimate of drug-likeness (QED) is 0.441. The van der Waals surface area contributed by atoms with Crippen LogP contribution in [-0.4, -0.2) is 0 Å². The standard InChI is InChI=1S/C11H16N2O/c1-2-3-4-5-9-6-7-10(12)11(8-9)13-14/h6-8H,2-5,12H2,1H3. The van der Waals surface area contributed by atoms with Crippen LogP contribution in [0.1, 0.15) is 31.7 Å². The maximum atomic E-state index is 10.4. The van der Waals surface area contributed by atoms with Gasteiger partial charge in [-0.1, -0.05) is 25.8 Å². The number of nitrogens with two attached hydrogens (primary N) is 1. The van der Waals surface area contributed by atoms with Gasteiger partial charge in [-0.3, -0.25) is 0 Å². The summed E-state index contributed by atoms with van der Waals surface area (Å²) in [6.07, 6.45) is 4.57. The van der Waals surface area contributed by atoms with Crippen molar-refractivity contribution in [3.8, 4) is 0 Å². The van der Waals surface area contributed by atoms with Crippen molar-refractivity contribution in [2.45, 2.75) is 32.6 Å². The first-order valence-electron chi connectivity index (χ1n) is 4.99. The summed E-state index contributed by atoms with van der Waals surface area (Å²) in [5.41, 5.74) is 7.52. The second-order valence-electron chi connectivity index (χ2n) is 3.44. The number of nitrogen functional groups attached to an aromatic ring is 1. The summed E-state index contributed by atoms with van der Waals surface area (Å²) in [4.78, 5) is 10.4. The van der Waals surface area contributed by atoms with Gasteiger partial charge in [0.2, 0.25) is 0 Å². The van der Waals surface area contributed by atoms with Crippen LogP contribution in [0.5, 0.6) is 0 Å². The summed E-state index contributed by atoms with van der Waals surface area (Å²) in [6, 6.07) is 5.48. The molecule has 0 spiro atoms. The molecule has 1 aromatic carbocycles. The van der Waals surface area contributed by atoms with Crippen molar-refractivity contribution in [3.63, 3.8) is 0 Å². The van der Waals surface area contributed by atoms with Gasteiger partial charge in [-0.2, -0.15) is 0 Å². The Kier molecular flexibility index (Phi) is 4.11. The van der Waals surface area contributed by atoms with Crippen molar-refractivity contribution in [1.29, 1.82) is 0 Å². The van der Waals surface area contributed by atoms with Crippen LogP contribution in [0.25, 0.3) is 0 Å². The molecule has 76 valence electrons. The zero-order valence-corrected chi connectivity index (χ0v) is 8.49. The molecule has 0 atom stereocenters. The number of hydrogen-bond donors (Lipinski definition) is 1. The highest BCUT2D eigenvalue weighted by molar-refractivity contribution is 5.63. The maximum Gasteiger partial charge on any atom is 0.131 e. The van der Waals surface area contributed by atoms with Crippen LogP contribution in [-0.2, 0) is 6.42 Å². The minimum atomic E-state index is 0.360. The summed E-state index contributed by atoms with van der Waals surface area (Å²) >= 11 is 0. The fraction of sp³-hybridized carbons (Fsp3) is 0.455. The number of aryl methyl sites for hydroxylation is 1. The van der Waals surface area contributed by atoms with Gasteiger partial charge in [-0.15, -0.1) is 4.91 Å². The number of rotatable bonds is 5. The number of nitrogens with zero attached hydrogens (tertiary/aromatic N) is 1. The number of anilines is 1. The molecule has 0 heterocycles. The number of nitroso groups, excluding NO2 is 1. The lowest BCUT2D eigenvalue weighted by Crippen LogP contribution is -1.89. The van der Waals surface area contributed by atoms with E-state index in [0.717, 1.165) is 18.4 Å². The summed E-state index contributed by atoms with van der Waals surface area (Å²) in [5, 5.41) is 2.88. The van der Waals surface area contributed by atoms with E-state index in [9.17, 15) is 4.91 Å². The van der Waals surface area contributed by atoms with E-state index >= 15 is 0 Å². The summed E-state index contributed by atoms with van der Waals surface area (Å²) < 4.78 is 0. The van der Waals surface area contributed by atoms with Gasteiger partial charge < -0.3 is 5.73 Å². The number of benzene rings is 1. The first-order valence-corrected chi connectivity index (χ1v) is 4.99. The van der Waals surface area contributed by atoms with Crippen molar-refractivity contribution in [2.75, 3.05) is 5.73 Å². The molecule has 0 aliphatic carbocycles. The normalized spacial score (nSPS) is 10.1. The molecular weight excluding hydrogens is 176 g/mol. The molecule has 0 saturated heterocycles. The maximum absolute atomic E-state index is 10.4. The van der Waals surface area contributed by atoms with E-state index in [-0.39, 0.29) is 0 Å². The Morgan fingerprint density at radius 1 is 1.36 bits per heavy atom. The van der Waals surface area contributed by atoms with Crippen molar-refractivity contribution >= 4 is 11.4 Å². The Morgan fingerprint density at radius 2 is 2.14 bits per heavy atom. The van der Waals surface area contributed by atoms with E-state index in [1.165, 1.54) is 12.8 Å². The molecule has 0 aliphatic rings. The molecule has 2 N–H and O–H groups in total. The van der Waals surface area contributed by atoms with Crippen LogP contribution in [0.3, 0.4) is 0 Å². The van der Waals surface area contributed by atoms with E-state index in [0.29, 0.717) is 11.4 Å². The Bertz CT molecular complexity index is 310. The van der Waals surface area contributed by atoms with Gasteiger partial charge in [0.1, 0.15) is 5.69 Å². The summed E-state index contributed by atoms with van der Waals surface area (Å²) in [6.45, 7) is 2.17. The van der Waals surface area contributed by atoms with Gasteiger partial charge in [0.05, 0.1) is 5.69 Å². The monoisotopic (exact) mass is 192 g/mol. The lowest BCUT2D eigenvalue weighted by atomic mass is 10.1. The van der Waals surface area contributed by atoms with Gasteiger partial charge in [-0.25, -0.2) is 0 Å². The molecular formula is C11H16N2O. The molecule has 1 rings (SSSR count). The van der Waals surface area contributed by atoms with E-state index < -0.39 is 0 Å². The largest absolute Gasteiger partial charge is 0.397 e. The van der Waals surface area contributed by atoms with E-state index in [1.54, 1.807) is 12.1 Å². The third-order valence-corrected chi connectivity index (χ3v) is 2.26. The molecule has 14 heavy (non-hydrogen) atoms. The third kappa shape index (κ3) is 2.83. The number of hydrogen-bond acceptors (Lipinski definition) is 3. The van der Waals surface area contributed by atoms with E-state index in [4.69, 9.17) is 5.73 Å². The molecule has 0 saturated carbocycles. The Labute approximate surface area is 84.3 Å². The van der Waals surface area contributed by atoms with Gasteiger partial charge in [0.25, 0.3) is 0 Å². The molecule has 1 aromatic rings. The van der Waals surface area contributed by atoms with Crippen LogP contribution >= 0.6 is 0 Å². The summed E-state index contributed by atoms with van der Waals surface area (Å²) in [7, 11) is 0. The second kappa shape index (κ2) is 5.37. The van der Waals surface area contributed by atoms with Crippen LogP contribution < -0.4 is 5.73 Å². The van der Waals surface area contributed by atoms with Crippen molar-refractivity contribution in [2.24, 2.45) is 5.18 Å². The fourth-order valence-corrected chi connectivity index (χ4v) is 1.40. The molecule has 0 aromatic heterocycles. The second-order valence-corrected chi connectivity index (χ2v) is 3.44. The highest BCUT2D eigenvalue weighted by Crippen LogP contribution is 2.23. The molecule has 3 heteroatoms. The van der Waals surface area contributed by atoms with Crippen LogP contribution in [0, 0.1) is 4.91 Å². The Balaban J connectivity index is 2.64. The predicted octanol–water partition coefficient (Wildman–Crippen LogP) is 3.40. The zero-order valence-electron chi connectivity index (χ0n) is 8.49. The average molecular weight is 192 g/mol. The predicted molar refractivity (Wildman–Crippen MR) is 59.5 cm³/mol. The van der Waals surface area contributed by atoms with Crippen LogP contribution in [0.2, 0.25) is 0 Å². The first kappa shape index (κ1) is 10.7. The van der Waals surface area contributed by atoms with Crippen molar-refractivity contribution < 1.29 is 0 Å². The highest BCUT2D eigenvalue weighted by atomic mass is 16.3. The van der Waals surface area contributed by atoms with E-state index in [2.05, 4.69) is 12.1 Å².